The zero-order valence-corrected chi connectivity index (χ0v) is 12.8. The molecule has 1 aliphatic rings. The maximum atomic E-state index is 4.36. The summed E-state index contributed by atoms with van der Waals surface area (Å²) in [6.07, 6.45) is 10.8. The fraction of sp³-hybridized carbons (Fsp3) is 0.800. The smallest absolute Gasteiger partial charge is 0.0538 e. The first-order valence-electron chi connectivity index (χ1n) is 7.49. The summed E-state index contributed by atoms with van der Waals surface area (Å²) in [6, 6.07) is 0.376. The Morgan fingerprint density at radius 1 is 1.37 bits per heavy atom. The van der Waals surface area contributed by atoms with Crippen molar-refractivity contribution >= 4 is 0 Å². The van der Waals surface area contributed by atoms with Crippen molar-refractivity contribution in [2.45, 2.75) is 50.6 Å². The lowest BCUT2D eigenvalue weighted by Crippen LogP contribution is -2.54. The van der Waals surface area contributed by atoms with Crippen LogP contribution in [0.5, 0.6) is 0 Å². The first-order chi connectivity index (χ1) is 9.10. The summed E-state index contributed by atoms with van der Waals surface area (Å²) >= 11 is 0. The molecule has 4 heteroatoms. The number of hydrogen-bond donors (Lipinski definition) is 1. The summed E-state index contributed by atoms with van der Waals surface area (Å²) in [7, 11) is 6.45. The van der Waals surface area contributed by atoms with Crippen LogP contribution in [0.3, 0.4) is 0 Å². The van der Waals surface area contributed by atoms with Crippen LogP contribution in [-0.2, 0) is 7.05 Å². The van der Waals surface area contributed by atoms with E-state index in [2.05, 4.69) is 42.5 Å². The molecular weight excluding hydrogens is 236 g/mol. The van der Waals surface area contributed by atoms with Crippen molar-refractivity contribution in [1.82, 2.24) is 20.0 Å². The van der Waals surface area contributed by atoms with Crippen LogP contribution in [0.4, 0.5) is 0 Å². The predicted octanol–water partition coefficient (Wildman–Crippen LogP) is 2.34. The second-order valence-electron chi connectivity index (χ2n) is 6.00. The topological polar surface area (TPSA) is 33.1 Å². The molecule has 19 heavy (non-hydrogen) atoms. The van der Waals surface area contributed by atoms with Crippen LogP contribution in [0.15, 0.2) is 12.4 Å². The lowest BCUT2D eigenvalue weighted by Gasteiger charge is -2.48. The Morgan fingerprint density at radius 3 is 2.53 bits per heavy atom. The van der Waals surface area contributed by atoms with E-state index < -0.39 is 0 Å². The molecular formula is C15H28N4. The Kier molecular flexibility index (Phi) is 4.63. The number of rotatable bonds is 5. The number of nitrogens with one attached hydrogen (secondary N) is 1. The van der Waals surface area contributed by atoms with Crippen LogP contribution in [0, 0.1) is 0 Å². The summed E-state index contributed by atoms with van der Waals surface area (Å²) in [5.74, 6) is 0. The Morgan fingerprint density at radius 2 is 2.05 bits per heavy atom. The van der Waals surface area contributed by atoms with Crippen molar-refractivity contribution in [3.05, 3.63) is 18.0 Å². The highest BCUT2D eigenvalue weighted by atomic mass is 15.3. The lowest BCUT2D eigenvalue weighted by molar-refractivity contribution is 0.0570. The predicted molar refractivity (Wildman–Crippen MR) is 79.1 cm³/mol. The molecule has 2 rings (SSSR count). The molecule has 1 N–H and O–H groups in total. The van der Waals surface area contributed by atoms with Crippen molar-refractivity contribution in [1.29, 1.82) is 0 Å². The van der Waals surface area contributed by atoms with E-state index in [1.165, 1.54) is 37.7 Å². The maximum absolute atomic E-state index is 4.36. The van der Waals surface area contributed by atoms with Gasteiger partial charge in [0.1, 0.15) is 0 Å². The van der Waals surface area contributed by atoms with Crippen LogP contribution in [0.2, 0.25) is 0 Å². The van der Waals surface area contributed by atoms with Crippen molar-refractivity contribution in [2.75, 3.05) is 20.6 Å². The monoisotopic (exact) mass is 264 g/mol. The van der Waals surface area contributed by atoms with Crippen LogP contribution < -0.4 is 5.32 Å². The number of nitrogens with zero attached hydrogens (tertiary/aromatic N) is 3. The summed E-state index contributed by atoms with van der Waals surface area (Å²) < 4.78 is 1.91. The molecule has 1 aromatic heterocycles. The van der Waals surface area contributed by atoms with Gasteiger partial charge in [0.25, 0.3) is 0 Å². The Hall–Kier alpha value is -0.870. The summed E-state index contributed by atoms with van der Waals surface area (Å²) in [5.41, 5.74) is 1.55. The minimum absolute atomic E-state index is 0.233. The van der Waals surface area contributed by atoms with Crippen molar-refractivity contribution in [3.63, 3.8) is 0 Å². The second-order valence-corrected chi connectivity index (χ2v) is 6.00. The lowest BCUT2D eigenvalue weighted by atomic mass is 9.73. The largest absolute Gasteiger partial charge is 0.309 e. The van der Waals surface area contributed by atoms with Gasteiger partial charge < -0.3 is 10.2 Å². The molecule has 0 bridgehead atoms. The van der Waals surface area contributed by atoms with Gasteiger partial charge in [0, 0.05) is 24.3 Å². The zero-order valence-electron chi connectivity index (χ0n) is 12.8. The molecule has 1 fully saturated rings. The number of likely N-dealkylation sites (N-methyl/N-ethyl adjacent to an activating group) is 2. The third-order valence-corrected chi connectivity index (χ3v) is 4.61. The molecule has 0 radical (unpaired) electrons. The quantitative estimate of drug-likeness (QED) is 0.886. The van der Waals surface area contributed by atoms with Gasteiger partial charge in [-0.3, -0.25) is 4.68 Å². The molecule has 1 unspecified atom stereocenters. The molecule has 0 aliphatic heterocycles. The third-order valence-electron chi connectivity index (χ3n) is 4.61. The van der Waals surface area contributed by atoms with E-state index in [1.807, 2.05) is 17.9 Å². The average molecular weight is 264 g/mol. The van der Waals surface area contributed by atoms with E-state index in [9.17, 15) is 0 Å². The van der Waals surface area contributed by atoms with E-state index in [0.717, 1.165) is 6.54 Å². The number of aryl methyl sites for hydroxylation is 1. The molecule has 0 aromatic carbocycles. The van der Waals surface area contributed by atoms with Gasteiger partial charge in [-0.15, -0.1) is 0 Å². The van der Waals surface area contributed by atoms with Gasteiger partial charge in [0.2, 0.25) is 0 Å². The molecule has 108 valence electrons. The molecule has 4 nitrogen and oxygen atoms in total. The zero-order chi connectivity index (χ0) is 13.9. The fourth-order valence-corrected chi connectivity index (χ4v) is 3.57. The summed E-state index contributed by atoms with van der Waals surface area (Å²) in [5, 5.41) is 8.07. The molecule has 1 heterocycles. The van der Waals surface area contributed by atoms with Crippen molar-refractivity contribution in [2.24, 2.45) is 7.05 Å². The summed E-state index contributed by atoms with van der Waals surface area (Å²) in [4.78, 5) is 2.44. The first kappa shape index (κ1) is 14.5. The van der Waals surface area contributed by atoms with Gasteiger partial charge in [0.15, 0.2) is 0 Å². The van der Waals surface area contributed by atoms with E-state index in [1.54, 1.807) is 0 Å². The maximum Gasteiger partial charge on any atom is 0.0538 e. The minimum Gasteiger partial charge on any atom is -0.309 e. The normalized spacial score (nSPS) is 20.7. The van der Waals surface area contributed by atoms with Gasteiger partial charge >= 0.3 is 0 Å². The van der Waals surface area contributed by atoms with Crippen LogP contribution in [-0.4, -0.2) is 40.9 Å². The third kappa shape index (κ3) is 2.84. The average Bonchev–Trinajstić information content (AvgIpc) is 2.83. The van der Waals surface area contributed by atoms with E-state index in [4.69, 9.17) is 0 Å². The van der Waals surface area contributed by atoms with Gasteiger partial charge in [-0.2, -0.15) is 5.10 Å². The molecule has 0 amide bonds. The highest BCUT2D eigenvalue weighted by Crippen LogP contribution is 2.41. The Balaban J connectivity index is 2.33. The fourth-order valence-electron chi connectivity index (χ4n) is 3.57. The van der Waals surface area contributed by atoms with E-state index in [0.29, 0.717) is 6.04 Å². The molecule has 0 saturated heterocycles. The highest BCUT2D eigenvalue weighted by molar-refractivity contribution is 5.18. The highest BCUT2D eigenvalue weighted by Gasteiger charge is 2.42. The molecule has 1 aliphatic carbocycles. The SMILES string of the molecule is CCNC(c1cnn(C)c1)C1(N(C)C)CCCCC1. The molecule has 1 aromatic rings. The minimum atomic E-state index is 0.233. The van der Waals surface area contributed by atoms with Crippen LogP contribution in [0.25, 0.3) is 0 Å². The van der Waals surface area contributed by atoms with Gasteiger partial charge in [-0.1, -0.05) is 26.2 Å². The van der Waals surface area contributed by atoms with Gasteiger partial charge in [0.05, 0.1) is 12.2 Å². The second kappa shape index (κ2) is 6.06. The number of aromatic nitrogens is 2. The molecule has 1 atom stereocenters. The van der Waals surface area contributed by atoms with Gasteiger partial charge in [-0.05, 0) is 33.5 Å². The van der Waals surface area contributed by atoms with Crippen molar-refractivity contribution < 1.29 is 0 Å². The Labute approximate surface area is 117 Å². The Bertz CT molecular complexity index is 391. The molecule has 0 spiro atoms. The van der Waals surface area contributed by atoms with E-state index >= 15 is 0 Å². The molecule has 1 saturated carbocycles. The van der Waals surface area contributed by atoms with Gasteiger partial charge in [-0.25, -0.2) is 0 Å². The van der Waals surface area contributed by atoms with Crippen molar-refractivity contribution in [3.8, 4) is 0 Å². The van der Waals surface area contributed by atoms with Crippen LogP contribution in [0.1, 0.15) is 50.6 Å². The first-order valence-corrected chi connectivity index (χ1v) is 7.49. The standard InChI is InChI=1S/C15H28N4/c1-5-16-14(13-11-17-19(4)12-13)15(18(2)3)9-7-6-8-10-15/h11-12,14,16H,5-10H2,1-4H3. The summed E-state index contributed by atoms with van der Waals surface area (Å²) in [6.45, 7) is 3.19. The van der Waals surface area contributed by atoms with E-state index in [-0.39, 0.29) is 5.54 Å². The van der Waals surface area contributed by atoms with Crippen LogP contribution >= 0.6 is 0 Å². The number of hydrogen-bond acceptors (Lipinski definition) is 3.